The molecule has 3 rings (SSSR count). The summed E-state index contributed by atoms with van der Waals surface area (Å²) in [6.07, 6.45) is 4.44. The number of fused-ring (bicyclic) bond motifs is 1. The van der Waals surface area contributed by atoms with Gasteiger partial charge >= 0.3 is 0 Å². The van der Waals surface area contributed by atoms with E-state index in [9.17, 15) is 8.42 Å². The Balaban J connectivity index is 0.00000341. The van der Waals surface area contributed by atoms with Crippen molar-refractivity contribution < 1.29 is 12.9 Å². The van der Waals surface area contributed by atoms with E-state index < -0.39 is 10.0 Å². The number of hydrogen-bond donors (Lipinski definition) is 1. The molecule has 163 valence electrons. The fraction of sp³-hybridized carbons (Fsp3) is 0.435. The smallest absolute Gasteiger partial charge is 0.264 e. The molecule has 3 aromatic rings. The first kappa shape index (κ1) is 25.7. The van der Waals surface area contributed by atoms with Gasteiger partial charge in [-0.15, -0.1) is 0 Å². The molecule has 0 unspecified atom stereocenters. The van der Waals surface area contributed by atoms with E-state index in [2.05, 4.69) is 34.7 Å². The number of benzene rings is 2. The third-order valence-electron chi connectivity index (χ3n) is 5.44. The van der Waals surface area contributed by atoms with Crippen molar-refractivity contribution in [2.75, 3.05) is 22.7 Å². The molecule has 1 N–H and O–H groups in total. The van der Waals surface area contributed by atoms with Crippen LogP contribution in [0.1, 0.15) is 50.8 Å². The molecule has 31 heavy (non-hydrogen) atoms. The number of unbranched alkanes of at least 4 members (excludes halogenated alkanes) is 2. The molecule has 0 bridgehead atoms. The van der Waals surface area contributed by atoms with Crippen LogP contribution in [0.2, 0.25) is 0 Å². The van der Waals surface area contributed by atoms with Gasteiger partial charge in [0.2, 0.25) is 5.88 Å². The van der Waals surface area contributed by atoms with E-state index >= 15 is 0 Å². The number of sulfonamides is 1. The third-order valence-corrected chi connectivity index (χ3v) is 6.83. The maximum absolute atomic E-state index is 13.2. The van der Waals surface area contributed by atoms with Gasteiger partial charge in [-0.2, -0.15) is 0 Å². The largest absolute Gasteiger partial charge is 0.371 e. The Morgan fingerprint density at radius 3 is 2.16 bits per heavy atom. The van der Waals surface area contributed by atoms with Gasteiger partial charge in [0.15, 0.2) is 0 Å². The van der Waals surface area contributed by atoms with Gasteiger partial charge < -0.3 is 9.42 Å². The van der Waals surface area contributed by atoms with Crippen LogP contribution in [-0.2, 0) is 10.0 Å². The van der Waals surface area contributed by atoms with Crippen molar-refractivity contribution in [2.24, 2.45) is 0 Å². The van der Waals surface area contributed by atoms with Crippen molar-refractivity contribution in [3.63, 3.8) is 0 Å². The number of rotatable bonds is 10. The number of hydrogen-bond acceptors (Lipinski definition) is 5. The second kappa shape index (κ2) is 11.4. The molecule has 0 amide bonds. The molecule has 0 saturated carbocycles. The average molecular weight is 453 g/mol. The topological polar surface area (TPSA) is 75.4 Å². The molecule has 0 spiro atoms. The number of nitrogens with one attached hydrogen (secondary N) is 1. The van der Waals surface area contributed by atoms with Crippen LogP contribution in [0, 0.1) is 13.8 Å². The summed E-state index contributed by atoms with van der Waals surface area (Å²) in [5, 5.41) is 5.49. The van der Waals surface area contributed by atoms with Crippen molar-refractivity contribution >= 4 is 61.9 Å². The van der Waals surface area contributed by atoms with Crippen LogP contribution in [0.4, 0.5) is 11.6 Å². The molecule has 1 heterocycles. The molecule has 0 fully saturated rings. The van der Waals surface area contributed by atoms with Crippen LogP contribution < -0.4 is 9.62 Å². The zero-order valence-corrected chi connectivity index (χ0v) is 22.1. The molecular weight excluding hydrogens is 421 g/mol. The van der Waals surface area contributed by atoms with Crippen LogP contribution in [0.3, 0.4) is 0 Å². The van der Waals surface area contributed by atoms with Crippen LogP contribution in [0.5, 0.6) is 0 Å². The number of nitrogens with zero attached hydrogens (tertiary/aromatic N) is 2. The van der Waals surface area contributed by atoms with E-state index in [1.54, 1.807) is 26.0 Å². The minimum atomic E-state index is -3.83. The fourth-order valence-corrected chi connectivity index (χ4v) is 4.78. The average Bonchev–Trinajstić information content (AvgIpc) is 3.05. The standard InChI is InChI=1S/C23H31N3O3S.Na/c1-5-7-15-26(16-8-6-2)21-13-9-12-20-19(21)11-10-14-22(20)30(27,28)25-23-17(3)18(4)24-29-23;/h9-14,25H,5-8,15-16H2,1-4H3;. The fourth-order valence-electron chi connectivity index (χ4n) is 3.51. The van der Waals surface area contributed by atoms with Crippen molar-refractivity contribution in [3.05, 3.63) is 47.7 Å². The second-order valence-electron chi connectivity index (χ2n) is 7.65. The molecule has 1 aromatic heterocycles. The Kier molecular flexibility index (Phi) is 9.43. The van der Waals surface area contributed by atoms with Crippen LogP contribution in [0.25, 0.3) is 10.8 Å². The van der Waals surface area contributed by atoms with Crippen LogP contribution in [-0.4, -0.2) is 56.2 Å². The summed E-state index contributed by atoms with van der Waals surface area (Å²) >= 11 is 0. The van der Waals surface area contributed by atoms with E-state index in [1.807, 2.05) is 18.2 Å². The van der Waals surface area contributed by atoms with E-state index in [-0.39, 0.29) is 40.3 Å². The van der Waals surface area contributed by atoms with Gasteiger partial charge in [0.1, 0.15) is 0 Å². The quantitative estimate of drug-likeness (QED) is 0.424. The summed E-state index contributed by atoms with van der Waals surface area (Å²) in [5.74, 6) is 0.160. The van der Waals surface area contributed by atoms with Gasteiger partial charge in [0.25, 0.3) is 10.0 Å². The summed E-state index contributed by atoms with van der Waals surface area (Å²) < 4.78 is 34.1. The van der Waals surface area contributed by atoms with Gasteiger partial charge in [-0.3, -0.25) is 0 Å². The van der Waals surface area contributed by atoms with Crippen molar-refractivity contribution in [1.82, 2.24) is 5.16 Å². The van der Waals surface area contributed by atoms with Gasteiger partial charge in [-0.05, 0) is 38.8 Å². The normalized spacial score (nSPS) is 11.4. The number of anilines is 2. The summed E-state index contributed by atoms with van der Waals surface area (Å²) in [5.41, 5.74) is 2.43. The van der Waals surface area contributed by atoms with Crippen molar-refractivity contribution in [2.45, 2.75) is 58.3 Å². The van der Waals surface area contributed by atoms with Crippen LogP contribution in [0.15, 0.2) is 45.8 Å². The summed E-state index contributed by atoms with van der Waals surface area (Å²) in [6, 6.07) is 11.3. The van der Waals surface area contributed by atoms with E-state index in [1.165, 1.54) is 0 Å². The van der Waals surface area contributed by atoms with E-state index in [0.29, 0.717) is 16.6 Å². The van der Waals surface area contributed by atoms with Crippen LogP contribution >= 0.6 is 0 Å². The van der Waals surface area contributed by atoms with E-state index in [4.69, 9.17) is 4.52 Å². The molecular formula is C23H31N3NaO3S. The second-order valence-corrected chi connectivity index (χ2v) is 9.30. The molecule has 0 saturated heterocycles. The minimum Gasteiger partial charge on any atom is -0.371 e. The number of aryl methyl sites for hydroxylation is 1. The molecule has 0 atom stereocenters. The Bertz CT molecular complexity index is 1100. The van der Waals surface area contributed by atoms with Gasteiger partial charge in [-0.25, -0.2) is 13.1 Å². The zero-order valence-electron chi connectivity index (χ0n) is 19.2. The predicted molar refractivity (Wildman–Crippen MR) is 129 cm³/mol. The van der Waals surface area contributed by atoms with Crippen molar-refractivity contribution in [1.29, 1.82) is 0 Å². The molecule has 0 aliphatic rings. The summed E-state index contributed by atoms with van der Waals surface area (Å²) in [4.78, 5) is 2.62. The zero-order chi connectivity index (χ0) is 21.7. The number of aromatic nitrogens is 1. The predicted octanol–water partition coefficient (Wildman–Crippen LogP) is 5.27. The Morgan fingerprint density at radius 2 is 1.58 bits per heavy atom. The maximum Gasteiger partial charge on any atom is 0.264 e. The van der Waals surface area contributed by atoms with Crippen molar-refractivity contribution in [3.8, 4) is 0 Å². The first-order chi connectivity index (χ1) is 14.4. The molecule has 8 heteroatoms. The monoisotopic (exact) mass is 452 g/mol. The SMILES string of the molecule is CCCCN(CCCC)c1cccc2c(S(=O)(=O)Nc3onc(C)c3C)cccc12.[Na]. The Labute approximate surface area is 207 Å². The van der Waals surface area contributed by atoms with Gasteiger partial charge in [-0.1, -0.05) is 56.1 Å². The molecule has 2 aromatic carbocycles. The first-order valence-corrected chi connectivity index (χ1v) is 12.1. The van der Waals surface area contributed by atoms with Gasteiger partial charge in [0, 0.05) is 64.7 Å². The summed E-state index contributed by atoms with van der Waals surface area (Å²) in [7, 11) is -3.83. The Morgan fingerprint density at radius 1 is 0.968 bits per heavy atom. The minimum absolute atomic E-state index is 0. The Hall–Kier alpha value is -1.54. The first-order valence-electron chi connectivity index (χ1n) is 10.6. The third kappa shape index (κ3) is 5.83. The molecule has 6 nitrogen and oxygen atoms in total. The molecule has 0 aliphatic heterocycles. The molecule has 1 radical (unpaired) electrons. The van der Waals surface area contributed by atoms with Gasteiger partial charge in [0.05, 0.1) is 10.6 Å². The molecule has 0 aliphatic carbocycles. The van der Waals surface area contributed by atoms with E-state index in [0.717, 1.165) is 49.8 Å². The maximum atomic E-state index is 13.2. The summed E-state index contributed by atoms with van der Waals surface area (Å²) in [6.45, 7) is 9.85.